The Hall–Kier alpha value is -0.840. The van der Waals surface area contributed by atoms with E-state index in [1.165, 1.54) is 22.2 Å². The molecule has 2 N–H and O–H groups in total. The van der Waals surface area contributed by atoms with Crippen molar-refractivity contribution in [3.8, 4) is 0 Å². The molecule has 4 heteroatoms. The fourth-order valence-corrected chi connectivity index (χ4v) is 2.71. The molecule has 0 unspecified atom stereocenters. The first-order valence-electron chi connectivity index (χ1n) is 4.21. The van der Waals surface area contributed by atoms with Crippen LogP contribution in [0.1, 0.15) is 5.56 Å². The number of para-hydroxylation sites is 1. The largest absolute Gasteiger partial charge is 0.272 e. The summed E-state index contributed by atoms with van der Waals surface area (Å²) in [6.07, 6.45) is 2.75. The maximum atomic E-state index is 5.48. The van der Waals surface area contributed by atoms with Gasteiger partial charge in [0.15, 0.2) is 4.34 Å². The topological polar surface area (TPSA) is 38.9 Å². The van der Waals surface area contributed by atoms with Gasteiger partial charge >= 0.3 is 0 Å². The minimum Gasteiger partial charge on any atom is -0.272 e. The van der Waals surface area contributed by atoms with E-state index < -0.39 is 0 Å². The van der Waals surface area contributed by atoms with Crippen LogP contribution in [0.4, 0.5) is 0 Å². The summed E-state index contributed by atoms with van der Waals surface area (Å²) in [6.45, 7) is 3.74. The number of hydrogen-bond acceptors (Lipinski definition) is 4. The highest BCUT2D eigenvalue weighted by molar-refractivity contribution is 7.99. The van der Waals surface area contributed by atoms with Crippen molar-refractivity contribution in [2.45, 2.75) is 10.8 Å². The molecule has 2 rings (SSSR count). The van der Waals surface area contributed by atoms with Crippen molar-refractivity contribution in [2.75, 3.05) is 0 Å². The summed E-state index contributed by atoms with van der Waals surface area (Å²) < 4.78 is 2.11. The van der Waals surface area contributed by atoms with Gasteiger partial charge in [0.1, 0.15) is 0 Å². The van der Waals surface area contributed by atoms with E-state index in [0.717, 1.165) is 16.3 Å². The Labute approximate surface area is 91.0 Å². The highest BCUT2D eigenvalue weighted by atomic mass is 32.2. The predicted octanol–water partition coefficient (Wildman–Crippen LogP) is 2.99. The number of aromatic nitrogens is 1. The zero-order chi connectivity index (χ0) is 9.97. The molecule has 0 amide bonds. The van der Waals surface area contributed by atoms with Gasteiger partial charge in [0.2, 0.25) is 0 Å². The summed E-state index contributed by atoms with van der Waals surface area (Å²) in [4.78, 5) is 4.46. The predicted molar refractivity (Wildman–Crippen MR) is 63.6 cm³/mol. The first-order valence-corrected chi connectivity index (χ1v) is 5.91. The van der Waals surface area contributed by atoms with Crippen molar-refractivity contribution < 1.29 is 0 Å². The van der Waals surface area contributed by atoms with Gasteiger partial charge in [-0.05, 0) is 30.0 Å². The molecule has 0 radical (unpaired) electrons. The second-order valence-corrected chi connectivity index (χ2v) is 4.77. The van der Waals surface area contributed by atoms with Gasteiger partial charge in [-0.2, -0.15) is 0 Å². The Morgan fingerprint density at radius 2 is 2.43 bits per heavy atom. The summed E-state index contributed by atoms with van der Waals surface area (Å²) >= 11 is 2.83. The highest BCUT2D eigenvalue weighted by Gasteiger charge is 2.05. The van der Waals surface area contributed by atoms with Gasteiger partial charge in [-0.1, -0.05) is 18.2 Å². The number of thiazole rings is 1. The van der Waals surface area contributed by atoms with E-state index in [0.29, 0.717) is 0 Å². The molecule has 1 aromatic carbocycles. The highest BCUT2D eigenvalue weighted by Crippen LogP contribution is 2.29. The Morgan fingerprint density at radius 3 is 3.14 bits per heavy atom. The summed E-state index contributed by atoms with van der Waals surface area (Å²) in [5.41, 5.74) is 2.28. The third-order valence-electron chi connectivity index (χ3n) is 1.95. The smallest absolute Gasteiger partial charge is 0.165 e. The van der Waals surface area contributed by atoms with E-state index in [4.69, 9.17) is 5.14 Å². The quantitative estimate of drug-likeness (QED) is 0.641. The first-order chi connectivity index (χ1) is 6.85. The van der Waals surface area contributed by atoms with Crippen molar-refractivity contribution in [1.82, 2.24) is 4.98 Å². The number of allylic oxidation sites excluding steroid dienone is 1. The van der Waals surface area contributed by atoms with Crippen LogP contribution in [0.5, 0.6) is 0 Å². The number of benzene rings is 1. The zero-order valence-electron chi connectivity index (χ0n) is 7.56. The molecule has 14 heavy (non-hydrogen) atoms. The first kappa shape index (κ1) is 9.71. The van der Waals surface area contributed by atoms with E-state index in [1.54, 1.807) is 11.3 Å². The molecule has 0 fully saturated rings. The van der Waals surface area contributed by atoms with Crippen LogP contribution in [0.2, 0.25) is 0 Å². The molecule has 1 heterocycles. The minimum absolute atomic E-state index is 0.857. The molecule has 0 saturated carbocycles. The standard InChI is InChI=1S/C10H10N2S2/c1-2-4-7-5-3-6-8-9(7)12-10(13-8)14-11/h2-3,5-6H,1,4,11H2. The van der Waals surface area contributed by atoms with Crippen LogP contribution >= 0.6 is 23.3 Å². The Bertz CT molecular complexity index is 462. The van der Waals surface area contributed by atoms with Gasteiger partial charge in [0.25, 0.3) is 0 Å². The van der Waals surface area contributed by atoms with Crippen molar-refractivity contribution in [1.29, 1.82) is 0 Å². The Morgan fingerprint density at radius 1 is 1.57 bits per heavy atom. The van der Waals surface area contributed by atoms with Crippen molar-refractivity contribution in [3.63, 3.8) is 0 Å². The number of nitrogens with two attached hydrogens (primary N) is 1. The lowest BCUT2D eigenvalue weighted by molar-refractivity contribution is 1.24. The molecule has 0 aliphatic carbocycles. The van der Waals surface area contributed by atoms with Crippen LogP contribution in [-0.4, -0.2) is 4.98 Å². The van der Waals surface area contributed by atoms with E-state index in [-0.39, 0.29) is 0 Å². The molecule has 0 saturated heterocycles. The van der Waals surface area contributed by atoms with Crippen molar-refractivity contribution >= 4 is 33.5 Å². The van der Waals surface area contributed by atoms with Gasteiger partial charge in [0, 0.05) is 0 Å². The van der Waals surface area contributed by atoms with Crippen molar-refractivity contribution in [2.24, 2.45) is 5.14 Å². The average Bonchev–Trinajstić information content (AvgIpc) is 2.62. The van der Waals surface area contributed by atoms with E-state index in [9.17, 15) is 0 Å². The summed E-state index contributed by atoms with van der Waals surface area (Å²) in [6, 6.07) is 6.19. The van der Waals surface area contributed by atoms with Gasteiger partial charge in [-0.3, -0.25) is 5.14 Å². The van der Waals surface area contributed by atoms with Crippen LogP contribution in [-0.2, 0) is 6.42 Å². The molecule has 72 valence electrons. The molecule has 2 aromatic rings. The Balaban J connectivity index is 2.60. The normalized spacial score (nSPS) is 10.6. The Kier molecular flexibility index (Phi) is 2.86. The monoisotopic (exact) mass is 222 g/mol. The maximum Gasteiger partial charge on any atom is 0.165 e. The van der Waals surface area contributed by atoms with E-state index in [2.05, 4.69) is 23.7 Å². The minimum atomic E-state index is 0.857. The number of rotatable bonds is 3. The number of fused-ring (bicyclic) bond motifs is 1. The molecule has 2 nitrogen and oxygen atoms in total. The average molecular weight is 222 g/mol. The van der Waals surface area contributed by atoms with Crippen molar-refractivity contribution in [3.05, 3.63) is 36.4 Å². The fraction of sp³-hybridized carbons (Fsp3) is 0.100. The molecule has 0 aliphatic rings. The van der Waals surface area contributed by atoms with Crippen LogP contribution in [0.3, 0.4) is 0 Å². The summed E-state index contributed by atoms with van der Waals surface area (Å²) in [7, 11) is 0. The third-order valence-corrected chi connectivity index (χ3v) is 3.59. The molecule has 0 spiro atoms. The second kappa shape index (κ2) is 4.13. The molecular weight excluding hydrogens is 212 g/mol. The van der Waals surface area contributed by atoms with Crippen LogP contribution in [0.25, 0.3) is 10.2 Å². The molecule has 1 aromatic heterocycles. The maximum absolute atomic E-state index is 5.48. The van der Waals surface area contributed by atoms with Crippen LogP contribution in [0, 0.1) is 0 Å². The van der Waals surface area contributed by atoms with Crippen LogP contribution in [0.15, 0.2) is 35.2 Å². The summed E-state index contributed by atoms with van der Waals surface area (Å²) in [5.74, 6) is 0. The molecule has 0 bridgehead atoms. The fourth-order valence-electron chi connectivity index (χ4n) is 1.36. The van der Waals surface area contributed by atoms with Gasteiger partial charge in [0.05, 0.1) is 10.2 Å². The summed E-state index contributed by atoms with van der Waals surface area (Å²) in [5, 5.41) is 5.48. The lowest BCUT2D eigenvalue weighted by atomic mass is 10.1. The van der Waals surface area contributed by atoms with E-state index >= 15 is 0 Å². The van der Waals surface area contributed by atoms with E-state index in [1.807, 2.05) is 12.1 Å². The SMILES string of the molecule is C=CCc1cccc2sc(SN)nc12. The number of nitrogens with zero attached hydrogens (tertiary/aromatic N) is 1. The number of hydrogen-bond donors (Lipinski definition) is 1. The van der Waals surface area contributed by atoms with Crippen LogP contribution < -0.4 is 5.14 Å². The zero-order valence-corrected chi connectivity index (χ0v) is 9.20. The van der Waals surface area contributed by atoms with Gasteiger partial charge in [-0.15, -0.1) is 17.9 Å². The second-order valence-electron chi connectivity index (χ2n) is 2.85. The molecule has 0 aliphatic heterocycles. The lowest BCUT2D eigenvalue weighted by Crippen LogP contribution is -1.83. The molecular formula is C10H10N2S2. The molecule has 0 atom stereocenters. The lowest BCUT2D eigenvalue weighted by Gasteiger charge is -1.96. The van der Waals surface area contributed by atoms with Gasteiger partial charge < -0.3 is 0 Å². The van der Waals surface area contributed by atoms with Gasteiger partial charge in [-0.25, -0.2) is 4.98 Å². The third kappa shape index (κ3) is 1.68.